The molecule has 0 bridgehead atoms. The van der Waals surface area contributed by atoms with Crippen molar-refractivity contribution in [2.75, 3.05) is 6.61 Å². The van der Waals surface area contributed by atoms with Gasteiger partial charge in [0.05, 0.1) is 0 Å². The van der Waals surface area contributed by atoms with Gasteiger partial charge in [-0.1, -0.05) is 26.6 Å². The van der Waals surface area contributed by atoms with Crippen LogP contribution < -0.4 is 0 Å². The van der Waals surface area contributed by atoms with E-state index >= 15 is 0 Å². The molecule has 0 amide bonds. The highest BCUT2D eigenvalue weighted by Crippen LogP contribution is 2.33. The van der Waals surface area contributed by atoms with Crippen LogP contribution in [0.25, 0.3) is 0 Å². The SMILES string of the molecule is CCCOC1([O])CCC1.C[SiH](C)C. The van der Waals surface area contributed by atoms with Gasteiger partial charge in [-0.2, -0.15) is 5.11 Å². The third kappa shape index (κ3) is 7.23. The molecule has 0 aromatic rings. The van der Waals surface area contributed by atoms with E-state index in [1.54, 1.807) is 0 Å². The van der Waals surface area contributed by atoms with Crippen molar-refractivity contribution in [3.05, 3.63) is 0 Å². The minimum absolute atomic E-state index is 0.139. The van der Waals surface area contributed by atoms with E-state index in [0.29, 0.717) is 19.4 Å². The Morgan fingerprint density at radius 1 is 1.31 bits per heavy atom. The first-order valence-electron chi connectivity index (χ1n) is 5.34. The van der Waals surface area contributed by atoms with Gasteiger partial charge in [-0.25, -0.2) is 0 Å². The Labute approximate surface area is 83.9 Å². The van der Waals surface area contributed by atoms with Gasteiger partial charge >= 0.3 is 0 Å². The zero-order valence-electron chi connectivity index (χ0n) is 9.43. The number of ether oxygens (including phenoxy) is 1. The molecule has 1 aliphatic rings. The highest BCUT2D eigenvalue weighted by atomic mass is 28.3. The van der Waals surface area contributed by atoms with Crippen molar-refractivity contribution in [1.29, 1.82) is 0 Å². The molecule has 0 aromatic heterocycles. The first kappa shape index (κ1) is 13.1. The lowest BCUT2D eigenvalue weighted by molar-refractivity contribution is -0.281. The summed E-state index contributed by atoms with van der Waals surface area (Å²) < 4.78 is 5.06. The van der Waals surface area contributed by atoms with Crippen molar-refractivity contribution in [2.45, 2.75) is 58.0 Å². The first-order valence-corrected chi connectivity index (χ1v) is 8.81. The van der Waals surface area contributed by atoms with E-state index < -0.39 is 5.79 Å². The summed E-state index contributed by atoms with van der Waals surface area (Å²) in [7, 11) is -0.139. The molecule has 0 aliphatic heterocycles. The molecule has 0 unspecified atom stereocenters. The summed E-state index contributed by atoms with van der Waals surface area (Å²) in [4.78, 5) is 0. The molecule has 3 heteroatoms. The number of hydrogen-bond acceptors (Lipinski definition) is 1. The minimum Gasteiger partial charge on any atom is -0.347 e. The maximum absolute atomic E-state index is 11.1. The molecule has 0 atom stereocenters. The summed E-state index contributed by atoms with van der Waals surface area (Å²) in [5, 5.41) is 11.1. The molecule has 0 aromatic carbocycles. The Hall–Kier alpha value is 0.137. The van der Waals surface area contributed by atoms with Gasteiger partial charge in [-0.15, -0.1) is 0 Å². The van der Waals surface area contributed by atoms with Crippen LogP contribution in [0.1, 0.15) is 32.6 Å². The third-order valence-electron chi connectivity index (χ3n) is 1.68. The van der Waals surface area contributed by atoms with E-state index in [4.69, 9.17) is 4.74 Å². The summed E-state index contributed by atoms with van der Waals surface area (Å²) in [5.74, 6) is -0.976. The lowest BCUT2D eigenvalue weighted by Gasteiger charge is -2.33. The van der Waals surface area contributed by atoms with Crippen LogP contribution in [-0.2, 0) is 9.84 Å². The van der Waals surface area contributed by atoms with Crippen LogP contribution in [0, 0.1) is 0 Å². The molecule has 79 valence electrons. The predicted octanol–water partition coefficient (Wildman–Crippen LogP) is 2.83. The van der Waals surface area contributed by atoms with Gasteiger partial charge in [-0.3, -0.25) is 0 Å². The number of rotatable bonds is 3. The largest absolute Gasteiger partial charge is 0.347 e. The molecular formula is C10H23O2Si. The van der Waals surface area contributed by atoms with Crippen LogP contribution >= 0.6 is 0 Å². The fraction of sp³-hybridized carbons (Fsp3) is 1.00. The number of hydrogen-bond donors (Lipinski definition) is 0. The van der Waals surface area contributed by atoms with Gasteiger partial charge in [-0.05, 0) is 12.8 Å². The molecular weight excluding hydrogens is 180 g/mol. The Morgan fingerprint density at radius 2 is 1.77 bits per heavy atom. The van der Waals surface area contributed by atoms with Gasteiger partial charge in [0.2, 0.25) is 5.79 Å². The molecule has 2 nitrogen and oxygen atoms in total. The maximum atomic E-state index is 11.1. The Balaban J connectivity index is 0.000000310. The van der Waals surface area contributed by atoms with Crippen molar-refractivity contribution in [3.8, 4) is 0 Å². The molecule has 1 aliphatic carbocycles. The Morgan fingerprint density at radius 3 is 2.00 bits per heavy atom. The zero-order valence-corrected chi connectivity index (χ0v) is 10.6. The van der Waals surface area contributed by atoms with Gasteiger partial charge < -0.3 is 4.74 Å². The lowest BCUT2D eigenvalue weighted by atomic mass is 9.91. The summed E-state index contributed by atoms with van der Waals surface area (Å²) in [6.45, 7) is 9.56. The molecule has 1 fully saturated rings. The average Bonchev–Trinajstić information content (AvgIpc) is 1.96. The molecule has 1 rings (SSSR count). The van der Waals surface area contributed by atoms with Crippen molar-refractivity contribution in [2.24, 2.45) is 0 Å². The molecule has 1 saturated carbocycles. The van der Waals surface area contributed by atoms with Crippen molar-refractivity contribution < 1.29 is 9.84 Å². The monoisotopic (exact) mass is 203 g/mol. The van der Waals surface area contributed by atoms with E-state index in [-0.39, 0.29) is 8.80 Å². The van der Waals surface area contributed by atoms with Crippen LogP contribution in [0.3, 0.4) is 0 Å². The average molecular weight is 203 g/mol. The maximum Gasteiger partial charge on any atom is 0.201 e. The normalized spacial score (nSPS) is 18.9. The second-order valence-electron chi connectivity index (χ2n) is 4.34. The van der Waals surface area contributed by atoms with Gasteiger partial charge in [0.25, 0.3) is 0 Å². The van der Waals surface area contributed by atoms with Crippen LogP contribution in [0.4, 0.5) is 0 Å². The molecule has 0 heterocycles. The van der Waals surface area contributed by atoms with Crippen LogP contribution in [0.5, 0.6) is 0 Å². The second-order valence-corrected chi connectivity index (χ2v) is 7.81. The lowest BCUT2D eigenvalue weighted by Crippen LogP contribution is -2.38. The van der Waals surface area contributed by atoms with Crippen molar-refractivity contribution >= 4 is 8.80 Å². The van der Waals surface area contributed by atoms with Crippen LogP contribution in [0.2, 0.25) is 19.6 Å². The highest BCUT2D eigenvalue weighted by Gasteiger charge is 2.37. The van der Waals surface area contributed by atoms with Gasteiger partial charge in [0.15, 0.2) is 0 Å². The Bertz CT molecular complexity index is 119. The summed E-state index contributed by atoms with van der Waals surface area (Å²) >= 11 is 0. The zero-order chi connectivity index (χ0) is 10.3. The minimum atomic E-state index is -0.976. The smallest absolute Gasteiger partial charge is 0.201 e. The van der Waals surface area contributed by atoms with Crippen LogP contribution in [-0.4, -0.2) is 21.2 Å². The Kier molecular flexibility index (Phi) is 6.64. The second kappa shape index (κ2) is 6.57. The van der Waals surface area contributed by atoms with E-state index in [2.05, 4.69) is 19.6 Å². The molecule has 0 N–H and O–H groups in total. The molecule has 13 heavy (non-hydrogen) atoms. The fourth-order valence-corrected chi connectivity index (χ4v) is 0.898. The first-order chi connectivity index (χ1) is 6.00. The predicted molar refractivity (Wildman–Crippen MR) is 58.3 cm³/mol. The van der Waals surface area contributed by atoms with Crippen molar-refractivity contribution in [1.82, 2.24) is 0 Å². The third-order valence-corrected chi connectivity index (χ3v) is 1.68. The van der Waals surface area contributed by atoms with E-state index in [1.807, 2.05) is 6.92 Å². The summed E-state index contributed by atoms with van der Waals surface area (Å²) in [6.07, 6.45) is 3.43. The standard InChI is InChI=1S/C7H13O2.C3H10Si/c1-2-6-9-7(8)4-3-5-7;1-4(2)3/h2-6H2,1H3;4H,1-3H3. The molecule has 0 saturated heterocycles. The van der Waals surface area contributed by atoms with Gasteiger partial charge in [0.1, 0.15) is 0 Å². The van der Waals surface area contributed by atoms with Gasteiger partial charge in [0, 0.05) is 28.2 Å². The fourth-order valence-electron chi connectivity index (χ4n) is 0.898. The summed E-state index contributed by atoms with van der Waals surface area (Å²) in [6, 6.07) is 0. The summed E-state index contributed by atoms with van der Waals surface area (Å²) in [5.41, 5.74) is 0. The molecule has 1 radical (unpaired) electrons. The molecule has 0 spiro atoms. The van der Waals surface area contributed by atoms with E-state index in [1.165, 1.54) is 0 Å². The quantitative estimate of drug-likeness (QED) is 0.512. The van der Waals surface area contributed by atoms with Crippen molar-refractivity contribution in [3.63, 3.8) is 0 Å². The highest BCUT2D eigenvalue weighted by molar-refractivity contribution is 6.54. The van der Waals surface area contributed by atoms with Crippen LogP contribution in [0.15, 0.2) is 0 Å². The van der Waals surface area contributed by atoms with E-state index in [9.17, 15) is 5.11 Å². The topological polar surface area (TPSA) is 29.1 Å². The van der Waals surface area contributed by atoms with E-state index in [0.717, 1.165) is 12.8 Å².